The molecule has 2 aliphatic rings. The Kier molecular flexibility index (Phi) is 5.94. The molecular weight excluding hydrogens is 394 g/mol. The molecule has 152 valence electrons. The second-order valence-corrected chi connectivity index (χ2v) is 7.31. The third kappa shape index (κ3) is 4.50. The predicted octanol–water partition coefficient (Wildman–Crippen LogP) is 1.68. The predicted molar refractivity (Wildman–Crippen MR) is 109 cm³/mol. The van der Waals surface area contributed by atoms with E-state index in [0.29, 0.717) is 55.1 Å². The molecule has 1 fully saturated rings. The Balaban J connectivity index is 1.40. The van der Waals surface area contributed by atoms with Crippen LogP contribution >= 0.6 is 11.6 Å². The standard InChI is InChI=1S/C20H22ClN5O3/c21-15-3-1-2-4-16(15)24-20(28)17-11-23-18-12-25(8-9-26(17)18)19(27)6-5-14-13-29-10-7-22-14/h1-6,11,14,22H,7-10,12-13H2,(H,24,28)/b6-5+. The van der Waals surface area contributed by atoms with E-state index in [1.54, 1.807) is 35.2 Å². The summed E-state index contributed by atoms with van der Waals surface area (Å²) < 4.78 is 7.23. The molecule has 2 aromatic rings. The van der Waals surface area contributed by atoms with Gasteiger partial charge < -0.3 is 24.8 Å². The average molecular weight is 416 g/mol. The number of rotatable bonds is 4. The molecule has 1 aromatic carbocycles. The summed E-state index contributed by atoms with van der Waals surface area (Å²) in [6.07, 6.45) is 4.95. The van der Waals surface area contributed by atoms with E-state index in [2.05, 4.69) is 15.6 Å². The number of carbonyl (C=O) groups is 2. The zero-order valence-electron chi connectivity index (χ0n) is 15.8. The molecule has 8 nitrogen and oxygen atoms in total. The number of para-hydroxylation sites is 1. The largest absolute Gasteiger partial charge is 0.378 e. The van der Waals surface area contributed by atoms with Crippen molar-refractivity contribution in [2.24, 2.45) is 0 Å². The molecule has 0 saturated carbocycles. The highest BCUT2D eigenvalue weighted by atomic mass is 35.5. The maximum atomic E-state index is 12.7. The van der Waals surface area contributed by atoms with Gasteiger partial charge in [0.15, 0.2) is 0 Å². The van der Waals surface area contributed by atoms with Gasteiger partial charge in [0.05, 0.1) is 36.7 Å². The number of fused-ring (bicyclic) bond motifs is 1. The van der Waals surface area contributed by atoms with Crippen LogP contribution in [-0.4, -0.2) is 58.6 Å². The summed E-state index contributed by atoms with van der Waals surface area (Å²) in [5.74, 6) is 0.329. The minimum Gasteiger partial charge on any atom is -0.378 e. The molecule has 1 aromatic heterocycles. The third-order valence-corrected chi connectivity index (χ3v) is 5.28. The number of benzene rings is 1. The maximum absolute atomic E-state index is 12.7. The van der Waals surface area contributed by atoms with E-state index >= 15 is 0 Å². The number of imidazole rings is 1. The lowest BCUT2D eigenvalue weighted by atomic mass is 10.2. The van der Waals surface area contributed by atoms with Gasteiger partial charge in [-0.25, -0.2) is 4.98 Å². The third-order valence-electron chi connectivity index (χ3n) is 4.95. The number of halogens is 1. The maximum Gasteiger partial charge on any atom is 0.273 e. The highest BCUT2D eigenvalue weighted by Gasteiger charge is 2.25. The van der Waals surface area contributed by atoms with Gasteiger partial charge in [-0.3, -0.25) is 9.59 Å². The molecule has 1 atom stereocenters. The first-order chi connectivity index (χ1) is 14.1. The van der Waals surface area contributed by atoms with Crippen molar-refractivity contribution in [3.05, 3.63) is 59.2 Å². The first-order valence-electron chi connectivity index (χ1n) is 9.50. The van der Waals surface area contributed by atoms with Gasteiger partial charge in [-0.15, -0.1) is 0 Å². The highest BCUT2D eigenvalue weighted by molar-refractivity contribution is 6.33. The fraction of sp³-hybridized carbons (Fsp3) is 0.350. The lowest BCUT2D eigenvalue weighted by Crippen LogP contribution is -2.41. The monoisotopic (exact) mass is 415 g/mol. The molecule has 3 heterocycles. The number of hydrogen-bond acceptors (Lipinski definition) is 5. The second-order valence-electron chi connectivity index (χ2n) is 6.90. The van der Waals surface area contributed by atoms with Gasteiger partial charge in [-0.05, 0) is 12.1 Å². The van der Waals surface area contributed by atoms with Gasteiger partial charge >= 0.3 is 0 Å². The molecule has 0 bridgehead atoms. The quantitative estimate of drug-likeness (QED) is 0.742. The zero-order chi connectivity index (χ0) is 20.2. The van der Waals surface area contributed by atoms with Crippen molar-refractivity contribution in [3.8, 4) is 0 Å². The topological polar surface area (TPSA) is 88.5 Å². The fourth-order valence-electron chi connectivity index (χ4n) is 3.39. The normalized spacial score (nSPS) is 19.2. The van der Waals surface area contributed by atoms with E-state index in [-0.39, 0.29) is 17.9 Å². The summed E-state index contributed by atoms with van der Waals surface area (Å²) in [6.45, 7) is 3.41. The summed E-state index contributed by atoms with van der Waals surface area (Å²) in [4.78, 5) is 31.2. The van der Waals surface area contributed by atoms with Crippen molar-refractivity contribution in [3.63, 3.8) is 0 Å². The fourth-order valence-corrected chi connectivity index (χ4v) is 3.57. The summed E-state index contributed by atoms with van der Waals surface area (Å²) >= 11 is 6.11. The van der Waals surface area contributed by atoms with Gasteiger partial charge in [0.1, 0.15) is 11.5 Å². The van der Waals surface area contributed by atoms with Crippen LogP contribution in [0.4, 0.5) is 5.69 Å². The first-order valence-corrected chi connectivity index (χ1v) is 9.88. The van der Waals surface area contributed by atoms with E-state index in [4.69, 9.17) is 16.3 Å². The lowest BCUT2D eigenvalue weighted by molar-refractivity contribution is -0.127. The molecule has 2 N–H and O–H groups in total. The average Bonchev–Trinajstić information content (AvgIpc) is 3.18. The Morgan fingerprint density at radius 1 is 1.31 bits per heavy atom. The Morgan fingerprint density at radius 3 is 2.97 bits per heavy atom. The molecule has 9 heteroatoms. The smallest absolute Gasteiger partial charge is 0.273 e. The summed E-state index contributed by atoms with van der Waals surface area (Å²) in [5, 5.41) is 6.56. The van der Waals surface area contributed by atoms with E-state index in [1.807, 2.05) is 10.6 Å². The number of nitrogens with zero attached hydrogens (tertiary/aromatic N) is 3. The van der Waals surface area contributed by atoms with Crippen LogP contribution in [0.1, 0.15) is 16.3 Å². The Labute approximate surface area is 173 Å². The van der Waals surface area contributed by atoms with Crippen LogP contribution in [0.2, 0.25) is 5.02 Å². The van der Waals surface area contributed by atoms with Crippen LogP contribution < -0.4 is 10.6 Å². The van der Waals surface area contributed by atoms with Crippen molar-refractivity contribution in [2.45, 2.75) is 19.1 Å². The lowest BCUT2D eigenvalue weighted by Gasteiger charge is -2.28. The van der Waals surface area contributed by atoms with Crippen molar-refractivity contribution >= 4 is 29.1 Å². The number of hydrogen-bond donors (Lipinski definition) is 2. The van der Waals surface area contributed by atoms with Crippen LogP contribution in [0.5, 0.6) is 0 Å². The highest BCUT2D eigenvalue weighted by Crippen LogP contribution is 2.22. The van der Waals surface area contributed by atoms with E-state index in [1.165, 1.54) is 6.20 Å². The van der Waals surface area contributed by atoms with Gasteiger partial charge in [-0.2, -0.15) is 0 Å². The Bertz CT molecular complexity index is 936. The molecule has 0 spiro atoms. The van der Waals surface area contributed by atoms with E-state index in [9.17, 15) is 9.59 Å². The number of nitrogens with one attached hydrogen (secondary N) is 2. The van der Waals surface area contributed by atoms with Crippen LogP contribution in [0.25, 0.3) is 0 Å². The molecule has 1 saturated heterocycles. The van der Waals surface area contributed by atoms with E-state index < -0.39 is 0 Å². The van der Waals surface area contributed by atoms with Crippen LogP contribution in [0, 0.1) is 0 Å². The Hall–Kier alpha value is -2.68. The van der Waals surface area contributed by atoms with Crippen LogP contribution in [0.3, 0.4) is 0 Å². The number of ether oxygens (including phenoxy) is 1. The van der Waals surface area contributed by atoms with Crippen molar-refractivity contribution in [2.75, 3.05) is 31.6 Å². The number of carbonyl (C=O) groups excluding carboxylic acids is 2. The molecular formula is C20H22ClN5O3. The first kappa shape index (κ1) is 19.6. The van der Waals surface area contributed by atoms with Crippen molar-refractivity contribution in [1.29, 1.82) is 0 Å². The van der Waals surface area contributed by atoms with E-state index in [0.717, 1.165) is 6.54 Å². The van der Waals surface area contributed by atoms with Crippen LogP contribution in [-0.2, 0) is 22.6 Å². The minimum absolute atomic E-state index is 0.0552. The van der Waals surface area contributed by atoms with Gasteiger partial charge in [0, 0.05) is 31.8 Å². The van der Waals surface area contributed by atoms with Gasteiger partial charge in [0.25, 0.3) is 5.91 Å². The molecule has 0 aliphatic carbocycles. The summed E-state index contributed by atoms with van der Waals surface area (Å²) in [6, 6.07) is 7.12. The number of amides is 2. The molecule has 29 heavy (non-hydrogen) atoms. The summed E-state index contributed by atoms with van der Waals surface area (Å²) in [7, 11) is 0. The SMILES string of the molecule is O=C(Nc1ccccc1Cl)c1cnc2n1CCN(C(=O)/C=C/C1COCCN1)C2. The van der Waals surface area contributed by atoms with Crippen molar-refractivity contribution < 1.29 is 14.3 Å². The second kappa shape index (κ2) is 8.77. The van der Waals surface area contributed by atoms with Gasteiger partial charge in [-0.1, -0.05) is 29.8 Å². The molecule has 4 rings (SSSR count). The molecule has 0 radical (unpaired) electrons. The number of anilines is 1. The van der Waals surface area contributed by atoms with Crippen molar-refractivity contribution in [1.82, 2.24) is 19.8 Å². The molecule has 2 aliphatic heterocycles. The summed E-state index contributed by atoms with van der Waals surface area (Å²) in [5.41, 5.74) is 0.999. The van der Waals surface area contributed by atoms with Crippen LogP contribution in [0.15, 0.2) is 42.6 Å². The minimum atomic E-state index is -0.278. The van der Waals surface area contributed by atoms with Gasteiger partial charge in [0.2, 0.25) is 5.91 Å². The number of morpholine rings is 1. The Morgan fingerprint density at radius 2 is 2.17 bits per heavy atom. The molecule has 2 amide bonds. The zero-order valence-corrected chi connectivity index (χ0v) is 16.6. The number of aromatic nitrogens is 2. The molecule has 1 unspecified atom stereocenters.